The molecule has 0 radical (unpaired) electrons. The normalized spacial score (nSPS) is 10.6. The largest absolute Gasteiger partial charge is 0.486 e. The van der Waals surface area contributed by atoms with Gasteiger partial charge in [-0.1, -0.05) is 42.5 Å². The zero-order chi connectivity index (χ0) is 24.9. The van der Waals surface area contributed by atoms with E-state index in [4.69, 9.17) is 14.2 Å². The first-order chi connectivity index (χ1) is 16.9. The van der Waals surface area contributed by atoms with Gasteiger partial charge in [0.1, 0.15) is 23.7 Å². The molecule has 0 N–H and O–H groups in total. The van der Waals surface area contributed by atoms with Gasteiger partial charge < -0.3 is 14.2 Å². The van der Waals surface area contributed by atoms with Crippen LogP contribution in [0.15, 0.2) is 72.8 Å². The Bertz CT molecular complexity index is 1370. The number of ether oxygens (including phenoxy) is 3. The Hall–Kier alpha value is -4.53. The lowest BCUT2D eigenvalue weighted by atomic mass is 10.0. The highest BCUT2D eigenvalue weighted by Gasteiger charge is 2.31. The van der Waals surface area contributed by atoms with E-state index in [-0.39, 0.29) is 29.3 Å². The van der Waals surface area contributed by atoms with Gasteiger partial charge in [0.15, 0.2) is 17.3 Å². The standard InChI is InChI=1S/C26H20F2N2O5/c1-33-25(31)22-23(29-30(24(22)26(32)34-2)19-6-4-3-5-7-19)17-10-8-16(9-11-17)15-35-21-13-12-18(27)14-20(21)28/h3-14H,15H2,1-2H3. The maximum atomic E-state index is 13.8. The molecular weight excluding hydrogens is 458 g/mol. The van der Waals surface area contributed by atoms with Crippen molar-refractivity contribution in [3.05, 3.63) is 101 Å². The van der Waals surface area contributed by atoms with Crippen molar-refractivity contribution in [2.24, 2.45) is 0 Å². The lowest BCUT2D eigenvalue weighted by molar-refractivity contribution is 0.0549. The summed E-state index contributed by atoms with van der Waals surface area (Å²) in [6.45, 7) is 0.0263. The van der Waals surface area contributed by atoms with E-state index >= 15 is 0 Å². The second kappa shape index (κ2) is 10.2. The van der Waals surface area contributed by atoms with Gasteiger partial charge in [0, 0.05) is 11.6 Å². The third-order valence-corrected chi connectivity index (χ3v) is 5.17. The minimum absolute atomic E-state index is 0.0263. The van der Waals surface area contributed by atoms with E-state index in [1.54, 1.807) is 48.5 Å². The number of hydrogen-bond donors (Lipinski definition) is 0. The summed E-state index contributed by atoms with van der Waals surface area (Å²) in [5.74, 6) is -3.07. The van der Waals surface area contributed by atoms with Gasteiger partial charge in [-0.15, -0.1) is 0 Å². The number of para-hydroxylation sites is 1. The van der Waals surface area contributed by atoms with E-state index in [1.165, 1.54) is 25.0 Å². The average molecular weight is 478 g/mol. The number of hydrogen-bond acceptors (Lipinski definition) is 6. The molecule has 7 nitrogen and oxygen atoms in total. The molecule has 0 aliphatic carbocycles. The fourth-order valence-electron chi connectivity index (χ4n) is 3.47. The third kappa shape index (κ3) is 4.89. The number of nitrogens with zero attached hydrogens (tertiary/aromatic N) is 2. The Balaban J connectivity index is 1.71. The summed E-state index contributed by atoms with van der Waals surface area (Å²) in [5.41, 5.74) is 1.88. The molecule has 4 aromatic rings. The number of esters is 2. The summed E-state index contributed by atoms with van der Waals surface area (Å²) in [4.78, 5) is 25.4. The van der Waals surface area contributed by atoms with Gasteiger partial charge in [-0.05, 0) is 29.8 Å². The van der Waals surface area contributed by atoms with Crippen LogP contribution < -0.4 is 4.74 Å². The number of aromatic nitrogens is 2. The van der Waals surface area contributed by atoms with E-state index in [9.17, 15) is 18.4 Å². The molecule has 1 heterocycles. The van der Waals surface area contributed by atoms with Crippen molar-refractivity contribution in [3.8, 4) is 22.7 Å². The van der Waals surface area contributed by atoms with Crippen LogP contribution in [-0.4, -0.2) is 35.9 Å². The lowest BCUT2D eigenvalue weighted by Crippen LogP contribution is -2.15. The third-order valence-electron chi connectivity index (χ3n) is 5.17. The van der Waals surface area contributed by atoms with E-state index in [2.05, 4.69) is 5.10 Å². The maximum absolute atomic E-state index is 13.8. The lowest BCUT2D eigenvalue weighted by Gasteiger charge is -2.08. The number of carbonyl (C=O) groups excluding carboxylic acids is 2. The van der Waals surface area contributed by atoms with Crippen molar-refractivity contribution in [1.82, 2.24) is 9.78 Å². The number of methoxy groups -OCH3 is 2. The number of halogens is 2. The Kier molecular flexibility index (Phi) is 6.86. The topological polar surface area (TPSA) is 79.7 Å². The number of benzene rings is 3. The zero-order valence-electron chi connectivity index (χ0n) is 18.8. The summed E-state index contributed by atoms with van der Waals surface area (Å²) in [5, 5.41) is 4.53. The Morgan fingerprint density at radius 3 is 2.20 bits per heavy atom. The van der Waals surface area contributed by atoms with Crippen LogP contribution in [-0.2, 0) is 16.1 Å². The number of rotatable bonds is 7. The van der Waals surface area contributed by atoms with Gasteiger partial charge >= 0.3 is 11.9 Å². The minimum Gasteiger partial charge on any atom is -0.486 e. The predicted octanol–water partition coefficient (Wildman–Crippen LogP) is 4.97. The SMILES string of the molecule is COC(=O)c1c(-c2ccc(COc3ccc(F)cc3F)cc2)nn(-c2ccccc2)c1C(=O)OC. The molecule has 0 atom stereocenters. The number of carbonyl (C=O) groups is 2. The Morgan fingerprint density at radius 1 is 0.886 bits per heavy atom. The fourth-order valence-corrected chi connectivity index (χ4v) is 3.47. The first-order valence-corrected chi connectivity index (χ1v) is 10.4. The molecule has 0 saturated heterocycles. The summed E-state index contributed by atoms with van der Waals surface area (Å²) in [6.07, 6.45) is 0. The van der Waals surface area contributed by atoms with Crippen molar-refractivity contribution in [3.63, 3.8) is 0 Å². The molecule has 3 aromatic carbocycles. The highest BCUT2D eigenvalue weighted by atomic mass is 19.1. The van der Waals surface area contributed by atoms with Crippen molar-refractivity contribution in [2.45, 2.75) is 6.61 Å². The smallest absolute Gasteiger partial charge is 0.357 e. The fraction of sp³-hybridized carbons (Fsp3) is 0.115. The van der Waals surface area contributed by atoms with Crippen LogP contribution in [0.3, 0.4) is 0 Å². The first kappa shape index (κ1) is 23.6. The minimum atomic E-state index is -0.800. The molecule has 0 bridgehead atoms. The van der Waals surface area contributed by atoms with Gasteiger partial charge in [0.05, 0.1) is 19.9 Å². The van der Waals surface area contributed by atoms with Crippen LogP contribution in [0.1, 0.15) is 26.4 Å². The van der Waals surface area contributed by atoms with Crippen LogP contribution in [0, 0.1) is 11.6 Å². The molecule has 0 aliphatic rings. The van der Waals surface area contributed by atoms with Gasteiger partial charge in [-0.25, -0.2) is 23.1 Å². The predicted molar refractivity (Wildman–Crippen MR) is 122 cm³/mol. The molecule has 0 spiro atoms. The van der Waals surface area contributed by atoms with Crippen LogP contribution >= 0.6 is 0 Å². The Morgan fingerprint density at radius 2 is 1.57 bits per heavy atom. The molecule has 0 fully saturated rings. The van der Waals surface area contributed by atoms with E-state index < -0.39 is 23.6 Å². The summed E-state index contributed by atoms with van der Waals surface area (Å²) in [6, 6.07) is 18.7. The van der Waals surface area contributed by atoms with Gasteiger partial charge in [0.2, 0.25) is 0 Å². The van der Waals surface area contributed by atoms with Crippen LogP contribution in [0.5, 0.6) is 5.75 Å². The first-order valence-electron chi connectivity index (χ1n) is 10.4. The van der Waals surface area contributed by atoms with Crippen molar-refractivity contribution < 1.29 is 32.6 Å². The molecule has 0 aliphatic heterocycles. The van der Waals surface area contributed by atoms with Crippen LogP contribution in [0.25, 0.3) is 16.9 Å². The highest BCUT2D eigenvalue weighted by molar-refractivity contribution is 6.06. The van der Waals surface area contributed by atoms with Crippen LogP contribution in [0.2, 0.25) is 0 Å². The molecule has 1 aromatic heterocycles. The molecular formula is C26H20F2N2O5. The molecule has 4 rings (SSSR count). The van der Waals surface area contributed by atoms with Crippen LogP contribution in [0.4, 0.5) is 8.78 Å². The summed E-state index contributed by atoms with van der Waals surface area (Å²) < 4.78 is 43.5. The maximum Gasteiger partial charge on any atom is 0.357 e. The van der Waals surface area contributed by atoms with E-state index in [0.717, 1.165) is 12.1 Å². The Labute approximate surface area is 199 Å². The molecule has 0 unspecified atom stereocenters. The molecule has 0 amide bonds. The summed E-state index contributed by atoms with van der Waals surface area (Å²) >= 11 is 0. The molecule has 9 heteroatoms. The average Bonchev–Trinajstić information content (AvgIpc) is 3.29. The second-order valence-corrected chi connectivity index (χ2v) is 7.36. The van der Waals surface area contributed by atoms with Gasteiger partial charge in [-0.2, -0.15) is 5.10 Å². The van der Waals surface area contributed by atoms with Crippen molar-refractivity contribution >= 4 is 11.9 Å². The van der Waals surface area contributed by atoms with Gasteiger partial charge in [-0.3, -0.25) is 0 Å². The molecule has 178 valence electrons. The quantitative estimate of drug-likeness (QED) is 0.349. The van der Waals surface area contributed by atoms with Crippen molar-refractivity contribution in [2.75, 3.05) is 14.2 Å². The molecule has 0 saturated carbocycles. The second-order valence-electron chi connectivity index (χ2n) is 7.36. The highest BCUT2D eigenvalue weighted by Crippen LogP contribution is 2.29. The van der Waals surface area contributed by atoms with E-state index in [1.807, 2.05) is 6.07 Å². The molecule has 35 heavy (non-hydrogen) atoms. The van der Waals surface area contributed by atoms with Crippen molar-refractivity contribution in [1.29, 1.82) is 0 Å². The van der Waals surface area contributed by atoms with Gasteiger partial charge in [0.25, 0.3) is 0 Å². The monoisotopic (exact) mass is 478 g/mol. The summed E-state index contributed by atoms with van der Waals surface area (Å²) in [7, 11) is 2.42. The zero-order valence-corrected chi connectivity index (χ0v) is 18.8. The van der Waals surface area contributed by atoms with E-state index in [0.29, 0.717) is 16.8 Å².